The van der Waals surface area contributed by atoms with Crippen LogP contribution in [0.5, 0.6) is 0 Å². The molecule has 0 aliphatic heterocycles. The highest BCUT2D eigenvalue weighted by Crippen LogP contribution is 2.22. The maximum atomic E-state index is 13.1. The first-order chi connectivity index (χ1) is 13.7. The van der Waals surface area contributed by atoms with Crippen LogP contribution in [0.3, 0.4) is 0 Å². The van der Waals surface area contributed by atoms with Gasteiger partial charge in [0.05, 0.1) is 48.7 Å². The van der Waals surface area contributed by atoms with Gasteiger partial charge in [-0.05, 0) is 43.7 Å². The number of rotatable bonds is 8. The predicted molar refractivity (Wildman–Crippen MR) is 114 cm³/mol. The molecule has 0 amide bonds. The molecule has 3 aromatic rings. The van der Waals surface area contributed by atoms with E-state index in [4.69, 9.17) is 10.2 Å². The maximum Gasteiger partial charge on any atom is 0.262 e. The Balaban J connectivity index is 1.90. The standard InChI is InChI=1S/C22H24N4OS/c1-3-25(4-2)13-14-26-21(27)19-7-5-6-8-20(19)24-22(26)28-16-18-11-9-17(15-23)10-12-18/h5-12H,3-4,13-14,16H2,1-2H3/p+1. The van der Waals surface area contributed by atoms with Crippen LogP contribution in [0.1, 0.15) is 25.0 Å². The van der Waals surface area contributed by atoms with E-state index in [0.29, 0.717) is 23.2 Å². The summed E-state index contributed by atoms with van der Waals surface area (Å²) in [4.78, 5) is 19.3. The Labute approximate surface area is 169 Å². The van der Waals surface area contributed by atoms with Crippen molar-refractivity contribution in [3.63, 3.8) is 0 Å². The second kappa shape index (κ2) is 9.54. The van der Waals surface area contributed by atoms with Crippen molar-refractivity contribution in [3.05, 3.63) is 70.0 Å². The van der Waals surface area contributed by atoms with Gasteiger partial charge in [0.25, 0.3) is 5.56 Å². The molecule has 0 fully saturated rings. The quantitative estimate of drug-likeness (QED) is 0.472. The third-order valence-corrected chi connectivity index (χ3v) is 6.01. The SMILES string of the molecule is CC[NH+](CC)CCn1c(SCc2ccc(C#N)cc2)nc2ccccc2c1=O. The summed E-state index contributed by atoms with van der Waals surface area (Å²) < 4.78 is 1.82. The number of likely N-dealkylation sites (N-methyl/N-ethyl adjacent to an activating group) is 1. The zero-order valence-corrected chi connectivity index (χ0v) is 17.1. The van der Waals surface area contributed by atoms with E-state index in [9.17, 15) is 4.79 Å². The highest BCUT2D eigenvalue weighted by molar-refractivity contribution is 7.98. The average molecular weight is 394 g/mol. The lowest BCUT2D eigenvalue weighted by molar-refractivity contribution is -0.897. The molecule has 144 valence electrons. The Kier molecular flexibility index (Phi) is 6.85. The Morgan fingerprint density at radius 3 is 2.50 bits per heavy atom. The second-order valence-electron chi connectivity index (χ2n) is 6.67. The fraction of sp³-hybridized carbons (Fsp3) is 0.318. The molecule has 0 radical (unpaired) electrons. The normalized spacial score (nSPS) is 11.1. The zero-order valence-electron chi connectivity index (χ0n) is 16.3. The summed E-state index contributed by atoms with van der Waals surface area (Å²) in [5.74, 6) is 0.703. The van der Waals surface area contributed by atoms with Crippen molar-refractivity contribution in [1.82, 2.24) is 9.55 Å². The summed E-state index contributed by atoms with van der Waals surface area (Å²) in [7, 11) is 0. The summed E-state index contributed by atoms with van der Waals surface area (Å²) in [6.45, 7) is 7.97. The Hall–Kier alpha value is -2.62. The highest BCUT2D eigenvalue weighted by Gasteiger charge is 2.13. The van der Waals surface area contributed by atoms with Crippen LogP contribution in [0.4, 0.5) is 0 Å². The van der Waals surface area contributed by atoms with Crippen LogP contribution < -0.4 is 10.5 Å². The third-order valence-electron chi connectivity index (χ3n) is 4.97. The number of nitrogens with zero attached hydrogens (tertiary/aromatic N) is 3. The van der Waals surface area contributed by atoms with Gasteiger partial charge in [-0.3, -0.25) is 9.36 Å². The van der Waals surface area contributed by atoms with Crippen molar-refractivity contribution in [2.24, 2.45) is 0 Å². The Morgan fingerprint density at radius 1 is 1.11 bits per heavy atom. The van der Waals surface area contributed by atoms with Crippen molar-refractivity contribution in [2.45, 2.75) is 31.3 Å². The van der Waals surface area contributed by atoms with Gasteiger partial charge in [0, 0.05) is 5.75 Å². The molecule has 0 atom stereocenters. The van der Waals surface area contributed by atoms with Crippen molar-refractivity contribution < 1.29 is 4.90 Å². The first-order valence-corrected chi connectivity index (χ1v) is 10.6. The van der Waals surface area contributed by atoms with E-state index in [1.807, 2.05) is 53.1 Å². The molecule has 0 saturated heterocycles. The van der Waals surface area contributed by atoms with Crippen molar-refractivity contribution >= 4 is 22.7 Å². The molecule has 0 unspecified atom stereocenters. The van der Waals surface area contributed by atoms with Crippen LogP contribution in [-0.4, -0.2) is 29.2 Å². The van der Waals surface area contributed by atoms with Gasteiger partial charge in [0.1, 0.15) is 0 Å². The topological polar surface area (TPSA) is 63.1 Å². The average Bonchev–Trinajstić information content (AvgIpc) is 2.74. The monoisotopic (exact) mass is 393 g/mol. The summed E-state index contributed by atoms with van der Waals surface area (Å²) >= 11 is 1.57. The number of thioether (sulfide) groups is 1. The lowest BCUT2D eigenvalue weighted by Gasteiger charge is -2.18. The van der Waals surface area contributed by atoms with E-state index in [0.717, 1.165) is 35.9 Å². The number of quaternary nitrogens is 1. The third kappa shape index (κ3) is 4.61. The fourth-order valence-electron chi connectivity index (χ4n) is 3.15. The molecule has 1 aromatic heterocycles. The number of benzene rings is 2. The van der Waals surface area contributed by atoms with Crippen molar-refractivity contribution in [3.8, 4) is 6.07 Å². The van der Waals surface area contributed by atoms with Crippen LogP contribution in [0, 0.1) is 11.3 Å². The lowest BCUT2D eigenvalue weighted by Crippen LogP contribution is -3.11. The highest BCUT2D eigenvalue weighted by atomic mass is 32.2. The first kappa shape index (κ1) is 20.1. The van der Waals surface area contributed by atoms with Crippen molar-refractivity contribution in [2.75, 3.05) is 19.6 Å². The molecule has 0 aliphatic rings. The molecule has 1 N–H and O–H groups in total. The number of fused-ring (bicyclic) bond motifs is 1. The minimum absolute atomic E-state index is 0.0273. The Morgan fingerprint density at radius 2 is 1.82 bits per heavy atom. The summed E-state index contributed by atoms with van der Waals surface area (Å²) in [6.07, 6.45) is 0. The molecule has 2 aromatic carbocycles. The molecule has 5 nitrogen and oxygen atoms in total. The summed E-state index contributed by atoms with van der Waals surface area (Å²) in [5.41, 5.74) is 2.52. The number of aromatic nitrogens is 2. The van der Waals surface area contributed by atoms with Gasteiger partial charge in [0.15, 0.2) is 5.16 Å². The van der Waals surface area contributed by atoms with Gasteiger partial charge < -0.3 is 4.90 Å². The second-order valence-corrected chi connectivity index (χ2v) is 7.62. The molecular formula is C22H25N4OS+. The van der Waals surface area contributed by atoms with E-state index < -0.39 is 0 Å². The molecule has 6 heteroatoms. The molecule has 1 heterocycles. The number of hydrogen-bond donors (Lipinski definition) is 1. The molecule has 0 aliphatic carbocycles. The molecular weight excluding hydrogens is 368 g/mol. The fourth-order valence-corrected chi connectivity index (χ4v) is 4.13. The van der Waals surface area contributed by atoms with Crippen molar-refractivity contribution in [1.29, 1.82) is 5.26 Å². The van der Waals surface area contributed by atoms with Crippen LogP contribution in [0.15, 0.2) is 58.5 Å². The smallest absolute Gasteiger partial charge is 0.262 e. The molecule has 0 bridgehead atoms. The molecule has 28 heavy (non-hydrogen) atoms. The minimum atomic E-state index is 0.0273. The van der Waals surface area contributed by atoms with Crippen LogP contribution >= 0.6 is 11.8 Å². The minimum Gasteiger partial charge on any atom is -0.334 e. The number of hydrogen-bond acceptors (Lipinski definition) is 4. The van der Waals surface area contributed by atoms with Gasteiger partial charge in [-0.15, -0.1) is 0 Å². The number of para-hydroxylation sites is 1. The van der Waals surface area contributed by atoms with Crippen LogP contribution in [0.25, 0.3) is 10.9 Å². The first-order valence-electron chi connectivity index (χ1n) is 9.61. The van der Waals surface area contributed by atoms with Gasteiger partial charge in [-0.2, -0.15) is 5.26 Å². The Bertz CT molecular complexity index is 1030. The van der Waals surface area contributed by atoms with E-state index in [1.165, 1.54) is 4.90 Å². The van der Waals surface area contributed by atoms with Gasteiger partial charge in [-0.25, -0.2) is 4.98 Å². The number of nitriles is 1. The van der Waals surface area contributed by atoms with Gasteiger partial charge in [0.2, 0.25) is 0 Å². The zero-order chi connectivity index (χ0) is 19.9. The molecule has 0 saturated carbocycles. The van der Waals surface area contributed by atoms with Crippen LogP contribution in [0.2, 0.25) is 0 Å². The lowest BCUT2D eigenvalue weighted by atomic mass is 10.2. The van der Waals surface area contributed by atoms with E-state index >= 15 is 0 Å². The van der Waals surface area contributed by atoms with Crippen LogP contribution in [-0.2, 0) is 12.3 Å². The summed E-state index contributed by atoms with van der Waals surface area (Å²) in [6, 6.07) is 17.2. The maximum absolute atomic E-state index is 13.1. The van der Waals surface area contributed by atoms with E-state index in [2.05, 4.69) is 19.9 Å². The number of nitrogens with one attached hydrogen (secondary N) is 1. The molecule has 0 spiro atoms. The van der Waals surface area contributed by atoms with E-state index in [-0.39, 0.29) is 5.56 Å². The summed E-state index contributed by atoms with van der Waals surface area (Å²) in [5, 5.41) is 10.4. The van der Waals surface area contributed by atoms with Gasteiger partial charge in [-0.1, -0.05) is 36.0 Å². The predicted octanol–water partition coefficient (Wildman–Crippen LogP) is 2.49. The largest absolute Gasteiger partial charge is 0.334 e. The van der Waals surface area contributed by atoms with Gasteiger partial charge >= 0.3 is 0 Å². The van der Waals surface area contributed by atoms with E-state index in [1.54, 1.807) is 11.8 Å². The molecule has 3 rings (SSSR count).